The smallest absolute Gasteiger partial charge is 0.0351 e. The van der Waals surface area contributed by atoms with Gasteiger partial charge in [0.15, 0.2) is 0 Å². The molecule has 0 amide bonds. The molecule has 0 aliphatic rings. The highest BCUT2D eigenvalue weighted by atomic mass is 14.0. The normalized spacial score (nSPS) is 11.6. The van der Waals surface area contributed by atoms with E-state index in [-0.39, 0.29) is 0 Å². The molecule has 0 saturated heterocycles. The van der Waals surface area contributed by atoms with E-state index in [9.17, 15) is 0 Å². The highest BCUT2D eigenvalue weighted by Gasteiger charge is 1.95. The van der Waals surface area contributed by atoms with Crippen LogP contribution in [0.5, 0.6) is 0 Å². The molecule has 0 aromatic carbocycles. The van der Waals surface area contributed by atoms with E-state index in [1.165, 1.54) is 141 Å². The molecule has 0 fully saturated rings. The van der Waals surface area contributed by atoms with Crippen molar-refractivity contribution in [3.8, 4) is 0 Å². The minimum Gasteiger partial charge on any atom is -0.0885 e. The van der Waals surface area contributed by atoms with Crippen LogP contribution >= 0.6 is 0 Å². The van der Waals surface area contributed by atoms with Gasteiger partial charge in [-0.1, -0.05) is 154 Å². The first-order chi connectivity index (χ1) is 13.9. The maximum Gasteiger partial charge on any atom is -0.0351 e. The molecule has 0 aromatic rings. The lowest BCUT2D eigenvalue weighted by Crippen LogP contribution is -1.84. The summed E-state index contributed by atoms with van der Waals surface area (Å²) < 4.78 is 0. The molecule has 0 saturated carbocycles. The van der Waals surface area contributed by atoms with Gasteiger partial charge in [0.2, 0.25) is 0 Å². The summed E-state index contributed by atoms with van der Waals surface area (Å²) in [5, 5.41) is 0. The molecule has 2 radical (unpaired) electrons. The van der Waals surface area contributed by atoms with Gasteiger partial charge in [-0.25, -0.2) is 0 Å². The number of rotatable bonds is 24. The molecular formula is C28H54. The van der Waals surface area contributed by atoms with Gasteiger partial charge in [0.1, 0.15) is 0 Å². The van der Waals surface area contributed by atoms with Crippen LogP contribution in [0.2, 0.25) is 0 Å². The Morgan fingerprint density at radius 3 is 0.893 bits per heavy atom. The van der Waals surface area contributed by atoms with E-state index in [0.29, 0.717) is 0 Å². The standard InChI is InChI=1S/C28H54/c1-3-5-7-9-11-13-15-17-19-21-23-25-27-28-26-24-22-20-18-16-14-12-10-8-6-4-2/h5,7H,1-4,6,8-28H2/b7-5+. The van der Waals surface area contributed by atoms with E-state index >= 15 is 0 Å². The van der Waals surface area contributed by atoms with Gasteiger partial charge in [-0.15, -0.1) is 0 Å². The molecule has 0 aromatic heterocycles. The molecule has 0 heterocycles. The lowest BCUT2D eigenvalue weighted by Gasteiger charge is -2.04. The second-order valence-electron chi connectivity index (χ2n) is 8.83. The molecule has 0 aliphatic heterocycles. The minimum atomic E-state index is 0.942. The third kappa shape index (κ3) is 25.7. The fourth-order valence-corrected chi connectivity index (χ4v) is 4.03. The molecule has 0 heteroatoms. The van der Waals surface area contributed by atoms with Crippen LogP contribution in [0.25, 0.3) is 0 Å². The number of allylic oxidation sites excluding steroid dienone is 2. The Hall–Kier alpha value is -0.260. The summed E-state index contributed by atoms with van der Waals surface area (Å²) in [6.07, 6.45) is 38.3. The monoisotopic (exact) mass is 390 g/mol. The van der Waals surface area contributed by atoms with Crippen LogP contribution in [-0.4, -0.2) is 0 Å². The molecule has 0 rings (SSSR count). The first-order valence-corrected chi connectivity index (χ1v) is 13.1. The molecule has 0 aliphatic carbocycles. The van der Waals surface area contributed by atoms with Crippen LogP contribution in [0.4, 0.5) is 0 Å². The fourth-order valence-electron chi connectivity index (χ4n) is 4.03. The van der Waals surface area contributed by atoms with Crippen molar-refractivity contribution in [2.24, 2.45) is 0 Å². The summed E-state index contributed by atoms with van der Waals surface area (Å²) in [5.74, 6) is 0. The molecule has 0 bridgehead atoms. The van der Waals surface area contributed by atoms with Gasteiger partial charge in [-0.2, -0.15) is 0 Å². The molecule has 0 unspecified atom stereocenters. The summed E-state index contributed by atoms with van der Waals surface area (Å²) >= 11 is 0. The second kappa shape index (κ2) is 26.7. The zero-order valence-electron chi connectivity index (χ0n) is 19.5. The van der Waals surface area contributed by atoms with Gasteiger partial charge >= 0.3 is 0 Å². The van der Waals surface area contributed by atoms with Crippen molar-refractivity contribution in [2.75, 3.05) is 0 Å². The van der Waals surface area contributed by atoms with Crippen LogP contribution in [-0.2, 0) is 0 Å². The van der Waals surface area contributed by atoms with Crippen LogP contribution in [0.1, 0.15) is 154 Å². The Morgan fingerprint density at radius 1 is 0.321 bits per heavy atom. The highest BCUT2D eigenvalue weighted by molar-refractivity contribution is 4.81. The maximum atomic E-state index is 3.91. The molecule has 0 atom stereocenters. The molecule has 0 nitrogen and oxygen atoms in total. The third-order valence-electron chi connectivity index (χ3n) is 5.95. The average molecular weight is 391 g/mol. The van der Waals surface area contributed by atoms with Gasteiger partial charge < -0.3 is 0 Å². The van der Waals surface area contributed by atoms with Crippen molar-refractivity contribution < 1.29 is 0 Å². The number of hydrogen-bond acceptors (Lipinski definition) is 0. The first-order valence-electron chi connectivity index (χ1n) is 13.1. The van der Waals surface area contributed by atoms with Crippen LogP contribution in [0, 0.1) is 13.8 Å². The van der Waals surface area contributed by atoms with Gasteiger partial charge in [0.05, 0.1) is 0 Å². The Kier molecular flexibility index (Phi) is 26.5. The Morgan fingerprint density at radius 2 is 0.607 bits per heavy atom. The van der Waals surface area contributed by atoms with Crippen molar-refractivity contribution in [2.45, 2.75) is 154 Å². The van der Waals surface area contributed by atoms with E-state index < -0.39 is 0 Å². The Labute approximate surface area is 180 Å². The molecule has 28 heavy (non-hydrogen) atoms. The van der Waals surface area contributed by atoms with Crippen molar-refractivity contribution in [3.63, 3.8) is 0 Å². The number of hydrogen-bond donors (Lipinski definition) is 0. The topological polar surface area (TPSA) is 0 Å². The van der Waals surface area contributed by atoms with E-state index in [1.54, 1.807) is 0 Å². The van der Waals surface area contributed by atoms with Gasteiger partial charge in [0.25, 0.3) is 0 Å². The predicted molar refractivity (Wildman–Crippen MR) is 131 cm³/mol. The SMILES string of the molecule is [CH2]C/C=C/CCCCCCCCCCCCCCCCCCCCCCC[CH2]. The molecule has 0 spiro atoms. The molecule has 166 valence electrons. The highest BCUT2D eigenvalue weighted by Crippen LogP contribution is 2.15. The van der Waals surface area contributed by atoms with Gasteiger partial charge in [-0.05, 0) is 26.2 Å². The van der Waals surface area contributed by atoms with E-state index in [1.807, 2.05) is 0 Å². The lowest BCUT2D eigenvalue weighted by molar-refractivity contribution is 0.520. The number of unbranched alkanes of at least 4 members (excludes halogenated alkanes) is 22. The van der Waals surface area contributed by atoms with Crippen molar-refractivity contribution >= 4 is 0 Å². The molecule has 0 N–H and O–H groups in total. The van der Waals surface area contributed by atoms with Crippen molar-refractivity contribution in [1.82, 2.24) is 0 Å². The first kappa shape index (κ1) is 27.7. The van der Waals surface area contributed by atoms with Crippen molar-refractivity contribution in [3.05, 3.63) is 26.0 Å². The van der Waals surface area contributed by atoms with Gasteiger partial charge in [0, 0.05) is 0 Å². The average Bonchev–Trinajstić information content (AvgIpc) is 2.71. The fraction of sp³-hybridized carbons (Fsp3) is 0.857. The third-order valence-corrected chi connectivity index (χ3v) is 5.95. The zero-order chi connectivity index (χ0) is 20.4. The van der Waals surface area contributed by atoms with Crippen LogP contribution in [0.3, 0.4) is 0 Å². The summed E-state index contributed by atoms with van der Waals surface area (Å²) in [6, 6.07) is 0. The van der Waals surface area contributed by atoms with Gasteiger partial charge in [-0.3, -0.25) is 0 Å². The minimum absolute atomic E-state index is 0.942. The van der Waals surface area contributed by atoms with Crippen molar-refractivity contribution in [1.29, 1.82) is 0 Å². The summed E-state index contributed by atoms with van der Waals surface area (Å²) in [6.45, 7) is 7.74. The van der Waals surface area contributed by atoms with Crippen LogP contribution < -0.4 is 0 Å². The summed E-state index contributed by atoms with van der Waals surface area (Å²) in [7, 11) is 0. The Balaban J connectivity index is 2.99. The summed E-state index contributed by atoms with van der Waals surface area (Å²) in [4.78, 5) is 0. The van der Waals surface area contributed by atoms with E-state index in [2.05, 4.69) is 26.0 Å². The van der Waals surface area contributed by atoms with E-state index in [0.717, 1.165) is 12.8 Å². The summed E-state index contributed by atoms with van der Waals surface area (Å²) in [5.41, 5.74) is 0. The predicted octanol–water partition coefficient (Wildman–Crippen LogP) is 10.6. The van der Waals surface area contributed by atoms with E-state index in [4.69, 9.17) is 0 Å². The second-order valence-corrected chi connectivity index (χ2v) is 8.83. The maximum absolute atomic E-state index is 3.91. The lowest BCUT2D eigenvalue weighted by atomic mass is 10.0. The van der Waals surface area contributed by atoms with Crippen LogP contribution in [0.15, 0.2) is 12.2 Å². The zero-order valence-corrected chi connectivity index (χ0v) is 19.5. The quantitative estimate of drug-likeness (QED) is 0.113. The largest absolute Gasteiger partial charge is 0.0885 e. The molecular weight excluding hydrogens is 336 g/mol. The Bertz CT molecular complexity index is 278.